The summed E-state index contributed by atoms with van der Waals surface area (Å²) >= 11 is 5.81. The van der Waals surface area contributed by atoms with E-state index in [9.17, 15) is 18.0 Å². The lowest BCUT2D eigenvalue weighted by Crippen LogP contribution is -2.32. The van der Waals surface area contributed by atoms with Crippen LogP contribution in [0.15, 0.2) is 79.5 Å². The number of rotatable bonds is 5. The highest BCUT2D eigenvalue weighted by atomic mass is 35.5. The van der Waals surface area contributed by atoms with Gasteiger partial charge in [-0.25, -0.2) is 9.48 Å². The fourth-order valence-corrected chi connectivity index (χ4v) is 3.27. The zero-order valence-electron chi connectivity index (χ0n) is 16.7. The van der Waals surface area contributed by atoms with Crippen LogP contribution >= 0.6 is 11.6 Å². The number of carbonyl (C=O) groups is 1. The number of amides is 1. The number of hydrogen-bond donors (Lipinski definition) is 1. The molecule has 0 saturated carbocycles. The molecule has 0 fully saturated rings. The van der Waals surface area contributed by atoms with Crippen LogP contribution in [-0.4, -0.2) is 25.8 Å². The summed E-state index contributed by atoms with van der Waals surface area (Å²) in [4.78, 5) is 20.7. The first-order valence-corrected chi connectivity index (χ1v) is 9.90. The highest BCUT2D eigenvalue weighted by molar-refractivity contribution is 6.30. The highest BCUT2D eigenvalue weighted by Gasteiger charge is 2.40. The number of carbonyl (C=O) groups excluding carboxylic acids is 1. The number of nitrogens with one attached hydrogen (secondary N) is 1. The van der Waals surface area contributed by atoms with E-state index < -0.39 is 29.8 Å². The Bertz CT molecular complexity index is 1190. The molecular formula is C22H15ClF3N5O2. The zero-order valence-corrected chi connectivity index (χ0v) is 17.5. The SMILES string of the molecule is O=C(NC(c1cccnc1)c1cccnc1)Oc1cnn(-c2ccc(Cl)cc2)c1C(F)(F)F. The van der Waals surface area contributed by atoms with Gasteiger partial charge in [-0.1, -0.05) is 23.7 Å². The van der Waals surface area contributed by atoms with E-state index in [0.29, 0.717) is 20.8 Å². The van der Waals surface area contributed by atoms with Crippen molar-refractivity contribution >= 4 is 17.7 Å². The van der Waals surface area contributed by atoms with E-state index in [1.807, 2.05) is 0 Å². The van der Waals surface area contributed by atoms with Crippen LogP contribution in [0.3, 0.4) is 0 Å². The Balaban J connectivity index is 1.63. The molecule has 7 nitrogen and oxygen atoms in total. The van der Waals surface area contributed by atoms with Crippen molar-refractivity contribution in [2.75, 3.05) is 0 Å². The van der Waals surface area contributed by atoms with Gasteiger partial charge in [0.1, 0.15) is 0 Å². The van der Waals surface area contributed by atoms with Crippen molar-refractivity contribution in [3.63, 3.8) is 0 Å². The smallest absolute Gasteiger partial charge is 0.406 e. The number of benzene rings is 1. The molecule has 4 rings (SSSR count). The highest BCUT2D eigenvalue weighted by Crippen LogP contribution is 2.38. The van der Waals surface area contributed by atoms with Crippen LogP contribution in [0.5, 0.6) is 5.75 Å². The average Bonchev–Trinajstić information content (AvgIpc) is 3.23. The predicted octanol–water partition coefficient (Wildman–Crippen LogP) is 5.21. The minimum atomic E-state index is -4.85. The Hall–Kier alpha value is -3.92. The summed E-state index contributed by atoms with van der Waals surface area (Å²) in [6.45, 7) is 0. The Morgan fingerprint density at radius 2 is 1.58 bits per heavy atom. The monoisotopic (exact) mass is 473 g/mol. The summed E-state index contributed by atoms with van der Waals surface area (Å²) in [6, 6.07) is 11.6. The van der Waals surface area contributed by atoms with Crippen molar-refractivity contribution in [3.8, 4) is 11.4 Å². The zero-order chi connectivity index (χ0) is 23.4. The fourth-order valence-electron chi connectivity index (χ4n) is 3.15. The van der Waals surface area contributed by atoms with Gasteiger partial charge < -0.3 is 10.1 Å². The molecule has 11 heteroatoms. The number of aromatic nitrogens is 4. The maximum atomic E-state index is 13.8. The molecular weight excluding hydrogens is 459 g/mol. The maximum absolute atomic E-state index is 13.8. The first-order chi connectivity index (χ1) is 15.8. The van der Waals surface area contributed by atoms with Crippen LogP contribution in [0, 0.1) is 0 Å². The minimum Gasteiger partial charge on any atom is -0.406 e. The number of nitrogens with zero attached hydrogens (tertiary/aromatic N) is 4. The molecule has 0 aliphatic carbocycles. The molecule has 1 amide bonds. The Kier molecular flexibility index (Phi) is 6.27. The minimum absolute atomic E-state index is 0.102. The van der Waals surface area contributed by atoms with E-state index >= 15 is 0 Å². The van der Waals surface area contributed by atoms with Crippen LogP contribution in [0.4, 0.5) is 18.0 Å². The van der Waals surface area contributed by atoms with E-state index in [-0.39, 0.29) is 5.69 Å². The predicted molar refractivity (Wildman–Crippen MR) is 113 cm³/mol. The van der Waals surface area contributed by atoms with Gasteiger partial charge in [0.15, 0.2) is 11.4 Å². The van der Waals surface area contributed by atoms with Crippen molar-refractivity contribution in [1.29, 1.82) is 0 Å². The molecule has 4 aromatic rings. The first kappa shape index (κ1) is 22.3. The van der Waals surface area contributed by atoms with E-state index in [2.05, 4.69) is 20.4 Å². The molecule has 0 saturated heterocycles. The van der Waals surface area contributed by atoms with E-state index in [1.54, 1.807) is 36.7 Å². The van der Waals surface area contributed by atoms with Crippen molar-refractivity contribution < 1.29 is 22.7 Å². The maximum Gasteiger partial charge on any atom is 0.437 e. The van der Waals surface area contributed by atoms with Gasteiger partial charge >= 0.3 is 12.3 Å². The van der Waals surface area contributed by atoms with Crippen molar-refractivity contribution in [2.24, 2.45) is 0 Å². The van der Waals surface area contributed by atoms with Gasteiger partial charge in [0.05, 0.1) is 17.9 Å². The van der Waals surface area contributed by atoms with Crippen LogP contribution in [0.2, 0.25) is 5.02 Å². The Morgan fingerprint density at radius 3 is 2.09 bits per heavy atom. The third-order valence-corrected chi connectivity index (χ3v) is 4.83. The van der Waals surface area contributed by atoms with E-state index in [4.69, 9.17) is 16.3 Å². The molecule has 168 valence electrons. The molecule has 33 heavy (non-hydrogen) atoms. The topological polar surface area (TPSA) is 81.9 Å². The molecule has 0 atom stereocenters. The average molecular weight is 474 g/mol. The third kappa shape index (κ3) is 5.12. The second kappa shape index (κ2) is 9.29. The summed E-state index contributed by atoms with van der Waals surface area (Å²) in [6.07, 6.45) is 1.05. The quantitative estimate of drug-likeness (QED) is 0.430. The molecule has 0 bridgehead atoms. The lowest BCUT2D eigenvalue weighted by molar-refractivity contribution is -0.143. The molecule has 1 N–H and O–H groups in total. The van der Waals surface area contributed by atoms with Gasteiger partial charge in [0.2, 0.25) is 0 Å². The fraction of sp³-hybridized carbons (Fsp3) is 0.0909. The Morgan fingerprint density at radius 1 is 0.970 bits per heavy atom. The van der Waals surface area contributed by atoms with Gasteiger partial charge in [0.25, 0.3) is 0 Å². The molecule has 0 spiro atoms. The number of pyridine rings is 2. The molecule has 1 aromatic carbocycles. The number of ether oxygens (including phenoxy) is 1. The van der Waals surface area contributed by atoms with Gasteiger partial charge in [-0.3, -0.25) is 9.97 Å². The Labute approximate surface area is 190 Å². The number of hydrogen-bond acceptors (Lipinski definition) is 5. The van der Waals surface area contributed by atoms with Crippen LogP contribution in [0.1, 0.15) is 22.9 Å². The molecule has 0 unspecified atom stereocenters. The molecule has 3 aromatic heterocycles. The van der Waals surface area contributed by atoms with Crippen molar-refractivity contribution in [1.82, 2.24) is 25.1 Å². The van der Waals surface area contributed by atoms with Crippen molar-refractivity contribution in [3.05, 3.63) is 101 Å². The van der Waals surface area contributed by atoms with Gasteiger partial charge in [-0.15, -0.1) is 0 Å². The molecule has 0 aliphatic heterocycles. The van der Waals surface area contributed by atoms with Crippen LogP contribution in [-0.2, 0) is 6.18 Å². The summed E-state index contributed by atoms with van der Waals surface area (Å²) < 4.78 is 47.2. The van der Waals surface area contributed by atoms with Crippen molar-refractivity contribution in [2.45, 2.75) is 12.2 Å². The number of alkyl halides is 3. The summed E-state index contributed by atoms with van der Waals surface area (Å²) in [5.74, 6) is -0.744. The normalized spacial score (nSPS) is 11.4. The molecule has 3 heterocycles. The van der Waals surface area contributed by atoms with Crippen LogP contribution < -0.4 is 10.1 Å². The van der Waals surface area contributed by atoms with E-state index in [1.165, 1.54) is 36.7 Å². The van der Waals surface area contributed by atoms with Gasteiger partial charge in [-0.05, 0) is 47.5 Å². The largest absolute Gasteiger partial charge is 0.437 e. The molecule has 0 radical (unpaired) electrons. The van der Waals surface area contributed by atoms with Crippen LogP contribution in [0.25, 0.3) is 5.69 Å². The second-order valence-corrected chi connectivity index (χ2v) is 7.22. The van der Waals surface area contributed by atoms with Gasteiger partial charge in [-0.2, -0.15) is 18.3 Å². The summed E-state index contributed by atoms with van der Waals surface area (Å²) in [7, 11) is 0. The lowest BCUT2D eigenvalue weighted by atomic mass is 10.0. The summed E-state index contributed by atoms with van der Waals surface area (Å²) in [5.41, 5.74) is 0.0515. The second-order valence-electron chi connectivity index (χ2n) is 6.78. The van der Waals surface area contributed by atoms with Gasteiger partial charge in [0, 0.05) is 29.8 Å². The lowest BCUT2D eigenvalue weighted by Gasteiger charge is -2.19. The van der Waals surface area contributed by atoms with E-state index in [0.717, 1.165) is 6.20 Å². The standard InChI is InChI=1S/C22H15ClF3N5O2/c23-16-5-7-17(8-6-16)31-20(22(24,25)26)18(13-29-31)33-21(32)30-19(14-3-1-9-27-11-14)15-4-2-10-28-12-15/h1-13,19H,(H,30,32). The third-order valence-electron chi connectivity index (χ3n) is 4.58. The first-order valence-electron chi connectivity index (χ1n) is 9.52. The summed E-state index contributed by atoms with van der Waals surface area (Å²) in [5, 5.41) is 6.68. The number of halogens is 4. The molecule has 0 aliphatic rings.